The molecule has 1 aromatic carbocycles. The van der Waals surface area contributed by atoms with Gasteiger partial charge in [-0.05, 0) is 36.5 Å². The molecule has 126 valence electrons. The van der Waals surface area contributed by atoms with Crippen molar-refractivity contribution < 1.29 is 14.0 Å². The van der Waals surface area contributed by atoms with Crippen LogP contribution in [0.5, 0.6) is 0 Å². The topological polar surface area (TPSA) is 75.4 Å². The first kappa shape index (κ1) is 17.4. The van der Waals surface area contributed by atoms with Crippen LogP contribution >= 0.6 is 0 Å². The summed E-state index contributed by atoms with van der Waals surface area (Å²) < 4.78 is 13.0. The lowest BCUT2D eigenvalue weighted by atomic mass is 10.1. The van der Waals surface area contributed by atoms with E-state index in [2.05, 4.69) is 5.32 Å². The number of benzene rings is 1. The fourth-order valence-corrected chi connectivity index (χ4v) is 2.28. The molecule has 0 radical (unpaired) electrons. The fourth-order valence-electron chi connectivity index (χ4n) is 2.28. The highest BCUT2D eigenvalue weighted by atomic mass is 19.1. The molecular formula is C17H24FN3O2. The molecule has 0 heterocycles. The Bertz CT molecular complexity index is 555. The summed E-state index contributed by atoms with van der Waals surface area (Å²) in [7, 11) is 0. The molecule has 5 nitrogen and oxygen atoms in total. The number of amides is 2. The summed E-state index contributed by atoms with van der Waals surface area (Å²) in [4.78, 5) is 26.0. The summed E-state index contributed by atoms with van der Waals surface area (Å²) in [5.41, 5.74) is 6.63. The van der Waals surface area contributed by atoms with Gasteiger partial charge in [0.1, 0.15) is 5.82 Å². The second-order valence-electron chi connectivity index (χ2n) is 6.37. The Morgan fingerprint density at radius 2 is 1.91 bits per heavy atom. The van der Waals surface area contributed by atoms with E-state index >= 15 is 0 Å². The Hall–Kier alpha value is -1.95. The van der Waals surface area contributed by atoms with E-state index in [1.165, 1.54) is 12.1 Å². The highest BCUT2D eigenvalue weighted by Crippen LogP contribution is 2.28. The summed E-state index contributed by atoms with van der Waals surface area (Å²) in [6.45, 7) is 4.08. The maximum absolute atomic E-state index is 13.0. The van der Waals surface area contributed by atoms with Crippen molar-refractivity contribution in [3.05, 3.63) is 35.6 Å². The third-order valence-electron chi connectivity index (χ3n) is 4.01. The molecule has 0 bridgehead atoms. The highest BCUT2D eigenvalue weighted by Gasteiger charge is 2.32. The van der Waals surface area contributed by atoms with Gasteiger partial charge in [-0.25, -0.2) is 4.39 Å². The van der Waals surface area contributed by atoms with Gasteiger partial charge in [0.25, 0.3) is 0 Å². The number of hydrogen-bond acceptors (Lipinski definition) is 3. The van der Waals surface area contributed by atoms with E-state index in [0.717, 1.165) is 18.4 Å². The number of rotatable bonds is 7. The van der Waals surface area contributed by atoms with Crippen LogP contribution in [-0.4, -0.2) is 35.3 Å². The van der Waals surface area contributed by atoms with Crippen molar-refractivity contribution >= 4 is 11.8 Å². The van der Waals surface area contributed by atoms with E-state index in [0.29, 0.717) is 6.54 Å². The fraction of sp³-hybridized carbons (Fsp3) is 0.529. The van der Waals surface area contributed by atoms with Crippen LogP contribution in [0.15, 0.2) is 24.3 Å². The molecule has 1 fully saturated rings. The molecule has 1 aromatic rings. The van der Waals surface area contributed by atoms with Gasteiger partial charge < -0.3 is 16.0 Å². The van der Waals surface area contributed by atoms with Crippen molar-refractivity contribution in [2.24, 2.45) is 11.7 Å². The van der Waals surface area contributed by atoms with Crippen molar-refractivity contribution in [1.29, 1.82) is 0 Å². The zero-order valence-corrected chi connectivity index (χ0v) is 13.6. The molecule has 0 saturated heterocycles. The van der Waals surface area contributed by atoms with Crippen molar-refractivity contribution in [2.45, 2.75) is 45.3 Å². The molecular weight excluding hydrogens is 297 g/mol. The molecule has 1 saturated carbocycles. The predicted molar refractivity (Wildman–Crippen MR) is 85.8 cm³/mol. The Balaban J connectivity index is 1.91. The molecule has 2 rings (SSSR count). The third kappa shape index (κ3) is 5.03. The van der Waals surface area contributed by atoms with Gasteiger partial charge in [-0.1, -0.05) is 26.0 Å². The lowest BCUT2D eigenvalue weighted by Gasteiger charge is -2.23. The minimum atomic E-state index is -0.616. The van der Waals surface area contributed by atoms with Gasteiger partial charge in [0.15, 0.2) is 0 Å². The normalized spacial score (nSPS) is 15.3. The molecule has 1 atom stereocenters. The monoisotopic (exact) mass is 321 g/mol. The maximum Gasteiger partial charge on any atom is 0.242 e. The first-order valence-corrected chi connectivity index (χ1v) is 7.95. The first-order valence-electron chi connectivity index (χ1n) is 7.95. The molecule has 0 aliphatic heterocycles. The van der Waals surface area contributed by atoms with Gasteiger partial charge in [0.2, 0.25) is 11.8 Å². The number of halogens is 1. The number of nitrogens with zero attached hydrogens (tertiary/aromatic N) is 1. The molecule has 2 amide bonds. The number of nitrogens with two attached hydrogens (primary N) is 1. The van der Waals surface area contributed by atoms with Crippen LogP contribution in [0, 0.1) is 11.7 Å². The van der Waals surface area contributed by atoms with Crippen LogP contribution in [0.25, 0.3) is 0 Å². The molecule has 3 N–H and O–H groups in total. The summed E-state index contributed by atoms with van der Waals surface area (Å²) in [6, 6.07) is 5.71. The maximum atomic E-state index is 13.0. The third-order valence-corrected chi connectivity index (χ3v) is 4.01. The zero-order chi connectivity index (χ0) is 17.0. The first-order chi connectivity index (χ1) is 10.9. The van der Waals surface area contributed by atoms with Gasteiger partial charge in [-0.2, -0.15) is 0 Å². The molecule has 1 aliphatic carbocycles. The smallest absolute Gasteiger partial charge is 0.242 e. The second-order valence-corrected chi connectivity index (χ2v) is 6.37. The summed E-state index contributed by atoms with van der Waals surface area (Å²) in [5, 5.41) is 2.61. The van der Waals surface area contributed by atoms with E-state index in [4.69, 9.17) is 5.73 Å². The van der Waals surface area contributed by atoms with Crippen LogP contribution in [0.4, 0.5) is 4.39 Å². The SMILES string of the molecule is CC(C)[C@H](N)C(=O)NCC(=O)N(Cc1ccc(F)cc1)C1CC1. The van der Waals surface area contributed by atoms with Crippen molar-refractivity contribution in [3.8, 4) is 0 Å². The largest absolute Gasteiger partial charge is 0.346 e. The van der Waals surface area contributed by atoms with Gasteiger partial charge in [0, 0.05) is 12.6 Å². The molecule has 0 spiro atoms. The molecule has 23 heavy (non-hydrogen) atoms. The Kier molecular flexibility index (Phi) is 5.71. The average molecular weight is 321 g/mol. The van der Waals surface area contributed by atoms with E-state index in [1.807, 2.05) is 13.8 Å². The minimum absolute atomic E-state index is 0.0175. The lowest BCUT2D eigenvalue weighted by Crippen LogP contribution is -2.48. The van der Waals surface area contributed by atoms with Crippen molar-refractivity contribution in [1.82, 2.24) is 10.2 Å². The molecule has 0 unspecified atom stereocenters. The van der Waals surface area contributed by atoms with Crippen molar-refractivity contribution in [3.63, 3.8) is 0 Å². The number of nitrogens with one attached hydrogen (secondary N) is 1. The van der Waals surface area contributed by atoms with Crippen LogP contribution in [0.3, 0.4) is 0 Å². The molecule has 0 aromatic heterocycles. The van der Waals surface area contributed by atoms with Gasteiger partial charge in [-0.15, -0.1) is 0 Å². The van der Waals surface area contributed by atoms with Crippen LogP contribution < -0.4 is 11.1 Å². The van der Waals surface area contributed by atoms with E-state index in [9.17, 15) is 14.0 Å². The Labute approximate surface area is 136 Å². The summed E-state index contributed by atoms with van der Waals surface area (Å²) in [6.07, 6.45) is 1.93. The van der Waals surface area contributed by atoms with E-state index < -0.39 is 6.04 Å². The quantitative estimate of drug-likeness (QED) is 0.797. The number of carbonyl (C=O) groups excluding carboxylic acids is 2. The average Bonchev–Trinajstić information content (AvgIpc) is 3.35. The van der Waals surface area contributed by atoms with Crippen molar-refractivity contribution in [2.75, 3.05) is 6.54 Å². The van der Waals surface area contributed by atoms with Crippen LogP contribution in [0.1, 0.15) is 32.3 Å². The van der Waals surface area contributed by atoms with E-state index in [1.54, 1.807) is 17.0 Å². The lowest BCUT2D eigenvalue weighted by molar-refractivity contribution is -0.134. The highest BCUT2D eigenvalue weighted by molar-refractivity contribution is 5.87. The minimum Gasteiger partial charge on any atom is -0.346 e. The van der Waals surface area contributed by atoms with E-state index in [-0.39, 0.29) is 36.1 Å². The molecule has 6 heteroatoms. The standard InChI is InChI=1S/C17H24FN3O2/c1-11(2)16(19)17(23)20-9-15(22)21(14-7-8-14)10-12-3-5-13(18)6-4-12/h3-6,11,14,16H,7-10,19H2,1-2H3,(H,20,23)/t16-/m0/s1. The summed E-state index contributed by atoms with van der Waals surface area (Å²) >= 11 is 0. The zero-order valence-electron chi connectivity index (χ0n) is 13.6. The Morgan fingerprint density at radius 1 is 1.30 bits per heavy atom. The Morgan fingerprint density at radius 3 is 2.43 bits per heavy atom. The van der Waals surface area contributed by atoms with Gasteiger partial charge in [-0.3, -0.25) is 9.59 Å². The summed E-state index contributed by atoms with van der Waals surface area (Å²) in [5.74, 6) is -0.733. The van der Waals surface area contributed by atoms with Crippen LogP contribution in [0.2, 0.25) is 0 Å². The number of hydrogen-bond donors (Lipinski definition) is 2. The number of carbonyl (C=O) groups is 2. The van der Waals surface area contributed by atoms with Gasteiger partial charge in [0.05, 0.1) is 12.6 Å². The van der Waals surface area contributed by atoms with Gasteiger partial charge >= 0.3 is 0 Å². The van der Waals surface area contributed by atoms with Crippen LogP contribution in [-0.2, 0) is 16.1 Å². The predicted octanol–water partition coefficient (Wildman–Crippen LogP) is 1.42. The molecule has 1 aliphatic rings. The second kappa shape index (κ2) is 7.55.